The first-order valence-corrected chi connectivity index (χ1v) is 9.56. The van der Waals surface area contributed by atoms with E-state index in [0.717, 1.165) is 0 Å². The van der Waals surface area contributed by atoms with Crippen molar-refractivity contribution < 1.29 is 14.0 Å². The number of rotatable bonds is 5. The largest absolute Gasteiger partial charge is 0.459 e. The number of fused-ring (bicyclic) bond motifs is 1. The Bertz CT molecular complexity index is 1070. The Morgan fingerprint density at radius 3 is 2.52 bits per heavy atom. The smallest absolute Gasteiger partial charge is 0.289 e. The van der Waals surface area contributed by atoms with Crippen LogP contribution >= 0.6 is 0 Å². The summed E-state index contributed by atoms with van der Waals surface area (Å²) in [4.78, 5) is 40.6. The number of aromatic nitrogens is 3. The summed E-state index contributed by atoms with van der Waals surface area (Å²) < 4.78 is 6.44. The first-order chi connectivity index (χ1) is 14.1. The van der Waals surface area contributed by atoms with Gasteiger partial charge in [0.2, 0.25) is 5.91 Å². The molecule has 1 fully saturated rings. The average molecular weight is 395 g/mol. The summed E-state index contributed by atoms with van der Waals surface area (Å²) in [5.74, 6) is 0.167. The summed E-state index contributed by atoms with van der Waals surface area (Å²) in [5, 5.41) is 8.51. The molecular weight excluding hydrogens is 374 g/mol. The molecule has 9 nitrogen and oxygen atoms in total. The van der Waals surface area contributed by atoms with Crippen LogP contribution < -0.4 is 5.56 Å². The maximum absolute atomic E-state index is 12.5. The van der Waals surface area contributed by atoms with Crippen molar-refractivity contribution in [3.05, 3.63) is 58.8 Å². The van der Waals surface area contributed by atoms with Gasteiger partial charge in [-0.05, 0) is 30.7 Å². The molecule has 1 aromatic carbocycles. The van der Waals surface area contributed by atoms with Gasteiger partial charge in [-0.25, -0.2) is 4.68 Å². The molecule has 9 heteroatoms. The monoisotopic (exact) mass is 395 g/mol. The number of furan rings is 1. The van der Waals surface area contributed by atoms with E-state index in [1.54, 1.807) is 46.2 Å². The van der Waals surface area contributed by atoms with Crippen LogP contribution in [0.1, 0.15) is 23.4 Å². The molecule has 0 unspecified atom stereocenters. The molecule has 3 aromatic rings. The van der Waals surface area contributed by atoms with Gasteiger partial charge >= 0.3 is 0 Å². The molecule has 0 radical (unpaired) electrons. The van der Waals surface area contributed by atoms with Gasteiger partial charge in [0.1, 0.15) is 5.52 Å². The number of carbonyl (C=O) groups is 2. The number of benzene rings is 1. The van der Waals surface area contributed by atoms with Crippen molar-refractivity contribution in [2.75, 3.05) is 26.2 Å². The fraction of sp³-hybridized carbons (Fsp3) is 0.350. The van der Waals surface area contributed by atoms with Gasteiger partial charge in [-0.2, -0.15) is 0 Å². The molecule has 4 rings (SSSR count). The SMILES string of the molecule is O=C(CCCn1nnc2ccccc2c1=O)N1CCN(C(=O)c2ccco2)CC1. The zero-order chi connectivity index (χ0) is 20.2. The zero-order valence-electron chi connectivity index (χ0n) is 15.9. The summed E-state index contributed by atoms with van der Waals surface area (Å²) in [5.41, 5.74) is 0.361. The Balaban J connectivity index is 1.27. The van der Waals surface area contributed by atoms with Crippen LogP contribution in [0, 0.1) is 0 Å². The molecule has 2 aromatic heterocycles. The van der Waals surface area contributed by atoms with E-state index in [9.17, 15) is 14.4 Å². The highest BCUT2D eigenvalue weighted by molar-refractivity contribution is 5.91. The highest BCUT2D eigenvalue weighted by atomic mass is 16.3. The Labute approximate surface area is 166 Å². The quantitative estimate of drug-likeness (QED) is 0.642. The van der Waals surface area contributed by atoms with Crippen molar-refractivity contribution in [3.63, 3.8) is 0 Å². The second-order valence-corrected chi connectivity index (χ2v) is 6.89. The fourth-order valence-electron chi connectivity index (χ4n) is 3.42. The first kappa shape index (κ1) is 18.9. The van der Waals surface area contributed by atoms with Crippen molar-refractivity contribution in [3.8, 4) is 0 Å². The molecule has 2 amide bonds. The van der Waals surface area contributed by atoms with Gasteiger partial charge in [-0.15, -0.1) is 5.10 Å². The third-order valence-corrected chi connectivity index (χ3v) is 5.04. The number of carbonyl (C=O) groups excluding carboxylic acids is 2. The van der Waals surface area contributed by atoms with Crippen molar-refractivity contribution in [2.45, 2.75) is 19.4 Å². The molecule has 0 atom stereocenters. The molecule has 0 N–H and O–H groups in total. The van der Waals surface area contributed by atoms with Crippen LogP contribution in [-0.2, 0) is 11.3 Å². The summed E-state index contributed by atoms with van der Waals surface area (Å²) in [6.45, 7) is 2.25. The maximum atomic E-state index is 12.5. The van der Waals surface area contributed by atoms with E-state index in [-0.39, 0.29) is 17.4 Å². The lowest BCUT2D eigenvalue weighted by Gasteiger charge is -2.34. The normalized spacial score (nSPS) is 14.3. The van der Waals surface area contributed by atoms with E-state index < -0.39 is 0 Å². The van der Waals surface area contributed by atoms with Gasteiger partial charge in [-0.3, -0.25) is 14.4 Å². The number of amides is 2. The van der Waals surface area contributed by atoms with Gasteiger partial charge in [0.05, 0.1) is 11.6 Å². The first-order valence-electron chi connectivity index (χ1n) is 9.56. The molecule has 1 aliphatic rings. The minimum atomic E-state index is -0.201. The lowest BCUT2D eigenvalue weighted by molar-refractivity contribution is -0.132. The Morgan fingerprint density at radius 2 is 1.76 bits per heavy atom. The van der Waals surface area contributed by atoms with Gasteiger partial charge in [0, 0.05) is 39.1 Å². The van der Waals surface area contributed by atoms with Gasteiger partial charge in [-0.1, -0.05) is 17.3 Å². The van der Waals surface area contributed by atoms with E-state index in [1.165, 1.54) is 10.9 Å². The number of hydrogen-bond donors (Lipinski definition) is 0. The highest BCUT2D eigenvalue weighted by Gasteiger charge is 2.25. The molecule has 1 saturated heterocycles. The van der Waals surface area contributed by atoms with Crippen LogP contribution in [0.5, 0.6) is 0 Å². The minimum Gasteiger partial charge on any atom is -0.459 e. The Kier molecular flexibility index (Phi) is 5.37. The van der Waals surface area contributed by atoms with Crippen LogP contribution in [0.2, 0.25) is 0 Å². The molecule has 3 heterocycles. The molecule has 0 bridgehead atoms. The summed E-state index contributed by atoms with van der Waals surface area (Å²) in [6, 6.07) is 10.4. The number of piperazine rings is 1. The third kappa shape index (κ3) is 4.03. The third-order valence-electron chi connectivity index (χ3n) is 5.04. The second-order valence-electron chi connectivity index (χ2n) is 6.89. The number of aryl methyl sites for hydroxylation is 1. The number of nitrogens with zero attached hydrogens (tertiary/aromatic N) is 5. The number of hydrogen-bond acceptors (Lipinski definition) is 6. The van der Waals surface area contributed by atoms with Crippen LogP contribution in [0.3, 0.4) is 0 Å². The summed E-state index contributed by atoms with van der Waals surface area (Å²) in [7, 11) is 0. The molecular formula is C20H21N5O4. The zero-order valence-corrected chi connectivity index (χ0v) is 15.9. The second kappa shape index (κ2) is 8.26. The standard InChI is InChI=1S/C20H21N5O4/c26-18(23-10-12-24(13-11-23)20(28)17-7-4-14-29-17)8-3-9-25-19(27)15-5-1-2-6-16(15)21-22-25/h1-2,4-7,14H,3,8-13H2. The lowest BCUT2D eigenvalue weighted by atomic mass is 10.2. The minimum absolute atomic E-state index is 0.0110. The molecule has 0 saturated carbocycles. The van der Waals surface area contributed by atoms with Gasteiger partial charge in [0.25, 0.3) is 11.5 Å². The van der Waals surface area contributed by atoms with Crippen LogP contribution in [0.25, 0.3) is 10.9 Å². The van der Waals surface area contributed by atoms with Crippen LogP contribution in [0.15, 0.2) is 51.9 Å². The summed E-state index contributed by atoms with van der Waals surface area (Å²) >= 11 is 0. The van der Waals surface area contributed by atoms with Crippen molar-refractivity contribution in [2.24, 2.45) is 0 Å². The predicted octanol–water partition coefficient (Wildman–Crippen LogP) is 1.15. The molecule has 150 valence electrons. The van der Waals surface area contributed by atoms with Crippen molar-refractivity contribution in [1.29, 1.82) is 0 Å². The summed E-state index contributed by atoms with van der Waals surface area (Å²) in [6.07, 6.45) is 2.28. The Morgan fingerprint density at radius 1 is 1.00 bits per heavy atom. The van der Waals surface area contributed by atoms with Crippen LogP contribution in [0.4, 0.5) is 0 Å². The lowest BCUT2D eigenvalue weighted by Crippen LogP contribution is -2.50. The topological polar surface area (TPSA) is 102 Å². The van der Waals surface area contributed by atoms with Crippen molar-refractivity contribution in [1.82, 2.24) is 24.8 Å². The Hall–Kier alpha value is -3.49. The van der Waals surface area contributed by atoms with E-state index in [4.69, 9.17) is 4.42 Å². The fourth-order valence-corrected chi connectivity index (χ4v) is 3.42. The van der Waals surface area contributed by atoms with E-state index in [2.05, 4.69) is 10.3 Å². The molecule has 1 aliphatic heterocycles. The molecule has 29 heavy (non-hydrogen) atoms. The highest BCUT2D eigenvalue weighted by Crippen LogP contribution is 2.11. The average Bonchev–Trinajstić information content (AvgIpc) is 3.30. The van der Waals surface area contributed by atoms with Crippen LogP contribution in [-0.4, -0.2) is 62.8 Å². The van der Waals surface area contributed by atoms with E-state index in [1.807, 2.05) is 0 Å². The van der Waals surface area contributed by atoms with E-state index >= 15 is 0 Å². The van der Waals surface area contributed by atoms with Gasteiger partial charge in [0.15, 0.2) is 5.76 Å². The van der Waals surface area contributed by atoms with Crippen molar-refractivity contribution >= 4 is 22.7 Å². The molecule has 0 aliphatic carbocycles. The predicted molar refractivity (Wildman–Crippen MR) is 104 cm³/mol. The van der Waals surface area contributed by atoms with Gasteiger partial charge < -0.3 is 14.2 Å². The molecule has 0 spiro atoms. The van der Waals surface area contributed by atoms with E-state index in [0.29, 0.717) is 62.2 Å². The maximum Gasteiger partial charge on any atom is 0.289 e.